The van der Waals surface area contributed by atoms with Crippen LogP contribution in [0.3, 0.4) is 0 Å². The zero-order valence-electron chi connectivity index (χ0n) is 10.9. The third-order valence-electron chi connectivity index (χ3n) is 2.55. The van der Waals surface area contributed by atoms with E-state index in [1.807, 2.05) is 0 Å². The van der Waals surface area contributed by atoms with Gasteiger partial charge in [-0.1, -0.05) is 23.2 Å². The lowest BCUT2D eigenvalue weighted by atomic mass is 10.3. The van der Waals surface area contributed by atoms with Crippen LogP contribution in [0.1, 0.15) is 6.92 Å². The predicted octanol–water partition coefficient (Wildman–Crippen LogP) is 4.65. The normalized spacial score (nSPS) is 12.0. The number of hydrogen-bond acceptors (Lipinski definition) is 3. The maximum Gasteiger partial charge on any atom is 0.238 e. The Balaban J connectivity index is 2.00. The van der Waals surface area contributed by atoms with Crippen molar-refractivity contribution in [2.24, 2.45) is 0 Å². The molecule has 3 nitrogen and oxygen atoms in total. The summed E-state index contributed by atoms with van der Waals surface area (Å²) in [4.78, 5) is 16.8. The van der Waals surface area contributed by atoms with Gasteiger partial charge in [0.15, 0.2) is 5.82 Å². The number of rotatable bonds is 4. The molecule has 0 aliphatic rings. The Morgan fingerprint density at radius 3 is 2.62 bits per heavy atom. The second kappa shape index (κ2) is 7.11. The number of nitrogens with zero attached hydrogens (tertiary/aromatic N) is 1. The molecule has 1 aromatic heterocycles. The van der Waals surface area contributed by atoms with Gasteiger partial charge in [-0.05, 0) is 37.3 Å². The molecule has 1 atom stereocenters. The Morgan fingerprint density at radius 1 is 1.33 bits per heavy atom. The molecule has 1 amide bonds. The molecular formula is C14H11Cl2FN2OS. The van der Waals surface area contributed by atoms with Crippen molar-refractivity contribution in [1.29, 1.82) is 0 Å². The molecule has 1 aromatic carbocycles. The highest BCUT2D eigenvalue weighted by atomic mass is 35.5. The average Bonchev–Trinajstić information content (AvgIpc) is 2.44. The third kappa shape index (κ3) is 4.59. The molecule has 0 bridgehead atoms. The number of thioether (sulfide) groups is 1. The molecule has 7 heteroatoms. The summed E-state index contributed by atoms with van der Waals surface area (Å²) >= 11 is 13.0. The van der Waals surface area contributed by atoms with Crippen molar-refractivity contribution >= 4 is 46.7 Å². The Hall–Kier alpha value is -1.30. The van der Waals surface area contributed by atoms with Crippen molar-refractivity contribution in [3.8, 4) is 0 Å². The minimum absolute atomic E-state index is 0.249. The Morgan fingerprint density at radius 2 is 2.00 bits per heavy atom. The summed E-state index contributed by atoms with van der Waals surface area (Å²) in [5.74, 6) is -0.299. The third-order valence-corrected chi connectivity index (χ3v) is 4.15. The van der Waals surface area contributed by atoms with Crippen LogP contribution in [0.25, 0.3) is 0 Å². The van der Waals surface area contributed by atoms with E-state index in [4.69, 9.17) is 23.2 Å². The van der Waals surface area contributed by atoms with Gasteiger partial charge in [0.25, 0.3) is 0 Å². The molecule has 0 saturated carbocycles. The Bertz CT molecular complexity index is 652. The van der Waals surface area contributed by atoms with E-state index in [0.717, 1.165) is 4.90 Å². The van der Waals surface area contributed by atoms with Crippen LogP contribution in [-0.4, -0.2) is 16.1 Å². The van der Waals surface area contributed by atoms with E-state index in [1.54, 1.807) is 19.1 Å². The minimum atomic E-state index is -0.385. The van der Waals surface area contributed by atoms with E-state index in [9.17, 15) is 9.18 Å². The lowest BCUT2D eigenvalue weighted by Gasteiger charge is -2.12. The van der Waals surface area contributed by atoms with Gasteiger partial charge < -0.3 is 5.32 Å². The van der Waals surface area contributed by atoms with Gasteiger partial charge in [0.1, 0.15) is 5.82 Å². The highest BCUT2D eigenvalue weighted by Crippen LogP contribution is 2.26. The number of carbonyl (C=O) groups excluding carboxylic acids is 1. The predicted molar refractivity (Wildman–Crippen MR) is 84.6 cm³/mol. The SMILES string of the molecule is CC(Sc1ccc(F)cc1)C(=O)Nc1ncc(Cl)cc1Cl. The zero-order chi connectivity index (χ0) is 15.4. The first-order chi connectivity index (χ1) is 9.95. The highest BCUT2D eigenvalue weighted by molar-refractivity contribution is 8.00. The fourth-order valence-electron chi connectivity index (χ4n) is 1.50. The van der Waals surface area contributed by atoms with Gasteiger partial charge in [0.2, 0.25) is 5.91 Å². The van der Waals surface area contributed by atoms with E-state index in [0.29, 0.717) is 5.02 Å². The number of benzene rings is 1. The van der Waals surface area contributed by atoms with Gasteiger partial charge >= 0.3 is 0 Å². The van der Waals surface area contributed by atoms with Crippen molar-refractivity contribution in [3.05, 3.63) is 52.4 Å². The van der Waals surface area contributed by atoms with Gasteiger partial charge in [-0.25, -0.2) is 9.37 Å². The maximum atomic E-state index is 12.8. The van der Waals surface area contributed by atoms with Crippen LogP contribution in [0.4, 0.5) is 10.2 Å². The number of carbonyl (C=O) groups is 1. The van der Waals surface area contributed by atoms with Crippen molar-refractivity contribution in [3.63, 3.8) is 0 Å². The first-order valence-corrected chi connectivity index (χ1v) is 7.63. The average molecular weight is 345 g/mol. The fraction of sp³-hybridized carbons (Fsp3) is 0.143. The van der Waals surface area contributed by atoms with Gasteiger partial charge in [-0.2, -0.15) is 0 Å². The first-order valence-electron chi connectivity index (χ1n) is 6.00. The van der Waals surface area contributed by atoms with E-state index < -0.39 is 0 Å². The molecule has 21 heavy (non-hydrogen) atoms. The van der Waals surface area contributed by atoms with Crippen LogP contribution in [-0.2, 0) is 4.79 Å². The largest absolute Gasteiger partial charge is 0.308 e. The van der Waals surface area contributed by atoms with Gasteiger partial charge in [0.05, 0.1) is 15.3 Å². The van der Waals surface area contributed by atoms with E-state index in [2.05, 4.69) is 10.3 Å². The molecule has 2 rings (SSSR count). The molecule has 1 N–H and O–H groups in total. The summed E-state index contributed by atoms with van der Waals surface area (Å²) in [6.45, 7) is 1.74. The first kappa shape index (κ1) is 16.1. The van der Waals surface area contributed by atoms with Gasteiger partial charge in [-0.15, -0.1) is 11.8 Å². The van der Waals surface area contributed by atoms with Crippen molar-refractivity contribution in [2.75, 3.05) is 5.32 Å². The molecule has 0 aliphatic carbocycles. The molecule has 1 unspecified atom stereocenters. The molecule has 0 saturated heterocycles. The summed E-state index contributed by atoms with van der Waals surface area (Å²) in [6, 6.07) is 7.45. The van der Waals surface area contributed by atoms with E-state index >= 15 is 0 Å². The monoisotopic (exact) mass is 344 g/mol. The van der Waals surface area contributed by atoms with Crippen molar-refractivity contribution < 1.29 is 9.18 Å². The number of anilines is 1. The molecule has 0 aliphatic heterocycles. The second-order valence-electron chi connectivity index (χ2n) is 4.19. The van der Waals surface area contributed by atoms with Crippen LogP contribution in [0.2, 0.25) is 10.0 Å². The molecule has 0 fully saturated rings. The summed E-state index contributed by atoms with van der Waals surface area (Å²) in [5.41, 5.74) is 0. The van der Waals surface area contributed by atoms with E-state index in [1.165, 1.54) is 36.2 Å². The topological polar surface area (TPSA) is 42.0 Å². The molecule has 1 heterocycles. The maximum absolute atomic E-state index is 12.8. The minimum Gasteiger partial charge on any atom is -0.308 e. The summed E-state index contributed by atoms with van der Waals surface area (Å²) in [5, 5.41) is 2.92. The second-order valence-corrected chi connectivity index (χ2v) is 6.45. The number of hydrogen-bond donors (Lipinski definition) is 1. The quantitative estimate of drug-likeness (QED) is 0.821. The van der Waals surface area contributed by atoms with Crippen LogP contribution >= 0.6 is 35.0 Å². The molecule has 0 radical (unpaired) electrons. The van der Waals surface area contributed by atoms with Crippen molar-refractivity contribution in [2.45, 2.75) is 17.1 Å². The smallest absolute Gasteiger partial charge is 0.238 e. The van der Waals surface area contributed by atoms with Crippen LogP contribution < -0.4 is 5.32 Å². The summed E-state index contributed by atoms with van der Waals surface area (Å²) in [6.07, 6.45) is 1.40. The number of amides is 1. The lowest BCUT2D eigenvalue weighted by molar-refractivity contribution is -0.115. The molecular weight excluding hydrogens is 334 g/mol. The standard InChI is InChI=1S/C14H11Cl2FN2OS/c1-8(21-11-4-2-10(17)3-5-11)14(20)19-13-12(16)6-9(15)7-18-13/h2-8H,1H3,(H,18,19,20). The summed E-state index contributed by atoms with van der Waals surface area (Å²) in [7, 11) is 0. The Labute approximate surface area is 135 Å². The van der Waals surface area contributed by atoms with Crippen LogP contribution in [0, 0.1) is 5.82 Å². The molecule has 2 aromatic rings. The Kier molecular flexibility index (Phi) is 5.45. The lowest BCUT2D eigenvalue weighted by Crippen LogP contribution is -2.23. The number of halogens is 3. The number of nitrogens with one attached hydrogen (secondary N) is 1. The van der Waals surface area contributed by atoms with Crippen LogP contribution in [0.5, 0.6) is 0 Å². The van der Waals surface area contributed by atoms with E-state index in [-0.39, 0.29) is 27.8 Å². The summed E-state index contributed by atoms with van der Waals surface area (Å²) < 4.78 is 12.8. The fourth-order valence-corrected chi connectivity index (χ4v) is 2.79. The van der Waals surface area contributed by atoms with Gasteiger partial charge in [0, 0.05) is 11.1 Å². The molecule has 0 spiro atoms. The van der Waals surface area contributed by atoms with Crippen LogP contribution in [0.15, 0.2) is 41.4 Å². The number of aromatic nitrogens is 1. The zero-order valence-corrected chi connectivity index (χ0v) is 13.3. The molecule has 110 valence electrons. The van der Waals surface area contributed by atoms with Gasteiger partial charge in [-0.3, -0.25) is 4.79 Å². The van der Waals surface area contributed by atoms with Crippen molar-refractivity contribution in [1.82, 2.24) is 4.98 Å². The number of pyridine rings is 1. The highest BCUT2D eigenvalue weighted by Gasteiger charge is 2.16.